The van der Waals surface area contributed by atoms with Crippen molar-refractivity contribution in [2.45, 2.75) is 33.6 Å². The Hall–Kier alpha value is -3.25. The number of ether oxygens (including phenoxy) is 1. The number of likely N-dealkylation sites (tertiary alicyclic amines) is 1. The van der Waals surface area contributed by atoms with Crippen molar-refractivity contribution >= 4 is 11.6 Å². The van der Waals surface area contributed by atoms with E-state index in [2.05, 4.69) is 20.2 Å². The summed E-state index contributed by atoms with van der Waals surface area (Å²) < 4.78 is 6.21. The molecule has 1 aliphatic heterocycles. The molecule has 0 bridgehead atoms. The zero-order valence-electron chi connectivity index (χ0n) is 19.0. The van der Waals surface area contributed by atoms with Crippen molar-refractivity contribution in [2.24, 2.45) is 0 Å². The van der Waals surface area contributed by atoms with E-state index < -0.39 is 0 Å². The van der Waals surface area contributed by atoms with Crippen molar-refractivity contribution in [1.82, 2.24) is 14.9 Å². The Morgan fingerprint density at radius 1 is 1.00 bits per heavy atom. The number of anilines is 1. The lowest BCUT2D eigenvalue weighted by Crippen LogP contribution is -2.25. The van der Waals surface area contributed by atoms with Gasteiger partial charge in [-0.05, 0) is 77.0 Å². The molecule has 1 aromatic heterocycles. The number of aromatic nitrogens is 2. The summed E-state index contributed by atoms with van der Waals surface area (Å²) in [5.41, 5.74) is 6.04. The number of benzene rings is 2. The maximum absolute atomic E-state index is 12.7. The molecule has 1 aliphatic rings. The van der Waals surface area contributed by atoms with Crippen LogP contribution < -0.4 is 10.1 Å². The number of hydrogen-bond donors (Lipinski definition) is 1. The summed E-state index contributed by atoms with van der Waals surface area (Å²) in [4.78, 5) is 23.9. The predicted octanol–water partition coefficient (Wildman–Crippen LogP) is 4.80. The van der Waals surface area contributed by atoms with Gasteiger partial charge in [-0.25, -0.2) is 9.97 Å². The Balaban J connectivity index is 1.60. The standard InChI is InChI=1S/C26H30N4O2/c1-18-6-8-21(9-7-18)26(31)29-22-10-11-24(32-15-14-30-12-4-5-13-30)23(16-22)25-19(2)27-17-28-20(25)3/h6-11,16-17H,4-5,12-15H2,1-3H3,(H,29,31). The minimum absolute atomic E-state index is 0.142. The molecule has 32 heavy (non-hydrogen) atoms. The van der Waals surface area contributed by atoms with Crippen molar-refractivity contribution in [3.63, 3.8) is 0 Å². The highest BCUT2D eigenvalue weighted by Gasteiger charge is 2.17. The summed E-state index contributed by atoms with van der Waals surface area (Å²) in [7, 11) is 0. The van der Waals surface area contributed by atoms with Crippen LogP contribution in [-0.4, -0.2) is 47.0 Å². The molecule has 2 aromatic carbocycles. The first-order valence-electron chi connectivity index (χ1n) is 11.2. The van der Waals surface area contributed by atoms with Gasteiger partial charge in [-0.15, -0.1) is 0 Å². The van der Waals surface area contributed by atoms with Crippen molar-refractivity contribution < 1.29 is 9.53 Å². The molecule has 6 nitrogen and oxygen atoms in total. The molecule has 0 spiro atoms. The first kappa shape index (κ1) is 22.0. The lowest BCUT2D eigenvalue weighted by atomic mass is 10.0. The first-order chi connectivity index (χ1) is 15.5. The molecule has 1 saturated heterocycles. The number of nitrogens with zero attached hydrogens (tertiary/aromatic N) is 3. The summed E-state index contributed by atoms with van der Waals surface area (Å²) in [6, 6.07) is 13.3. The minimum atomic E-state index is -0.142. The molecule has 166 valence electrons. The van der Waals surface area contributed by atoms with Gasteiger partial charge in [0.2, 0.25) is 0 Å². The molecule has 1 fully saturated rings. The number of hydrogen-bond acceptors (Lipinski definition) is 5. The van der Waals surface area contributed by atoms with E-state index in [1.165, 1.54) is 12.8 Å². The molecule has 0 radical (unpaired) electrons. The van der Waals surface area contributed by atoms with Crippen LogP contribution >= 0.6 is 0 Å². The molecule has 6 heteroatoms. The average molecular weight is 431 g/mol. The van der Waals surface area contributed by atoms with Crippen LogP contribution in [0.2, 0.25) is 0 Å². The summed E-state index contributed by atoms with van der Waals surface area (Å²) in [5.74, 6) is 0.634. The number of aryl methyl sites for hydroxylation is 3. The fourth-order valence-corrected chi connectivity index (χ4v) is 4.11. The van der Waals surface area contributed by atoms with Crippen molar-refractivity contribution in [3.05, 3.63) is 71.3 Å². The Bertz CT molecular complexity index is 1070. The van der Waals surface area contributed by atoms with Crippen LogP contribution in [0.15, 0.2) is 48.8 Å². The van der Waals surface area contributed by atoms with E-state index in [0.717, 1.165) is 53.5 Å². The number of carbonyl (C=O) groups excluding carboxylic acids is 1. The van der Waals surface area contributed by atoms with Crippen molar-refractivity contribution in [2.75, 3.05) is 31.6 Å². The first-order valence-corrected chi connectivity index (χ1v) is 11.2. The van der Waals surface area contributed by atoms with Gasteiger partial charge in [0.1, 0.15) is 18.7 Å². The second-order valence-electron chi connectivity index (χ2n) is 8.35. The number of carbonyl (C=O) groups is 1. The summed E-state index contributed by atoms with van der Waals surface area (Å²) in [6.45, 7) is 9.76. The van der Waals surface area contributed by atoms with Crippen LogP contribution in [0.5, 0.6) is 5.75 Å². The van der Waals surface area contributed by atoms with Gasteiger partial charge < -0.3 is 10.1 Å². The Labute approximate surface area is 189 Å². The molecule has 4 rings (SSSR count). The third-order valence-electron chi connectivity index (χ3n) is 5.91. The van der Waals surface area contributed by atoms with E-state index >= 15 is 0 Å². The van der Waals surface area contributed by atoms with E-state index in [1.54, 1.807) is 6.33 Å². The molecular formula is C26H30N4O2. The summed E-state index contributed by atoms with van der Waals surface area (Å²) in [6.07, 6.45) is 4.10. The Kier molecular flexibility index (Phi) is 6.81. The molecule has 2 heterocycles. The maximum atomic E-state index is 12.7. The van der Waals surface area contributed by atoms with E-state index in [-0.39, 0.29) is 5.91 Å². The molecule has 3 aromatic rings. The van der Waals surface area contributed by atoms with Crippen LogP contribution in [0.1, 0.15) is 40.2 Å². The number of rotatable bonds is 7. The molecular weight excluding hydrogens is 400 g/mol. The molecule has 1 amide bonds. The normalized spacial score (nSPS) is 13.8. The second kappa shape index (κ2) is 9.92. The van der Waals surface area contributed by atoms with Gasteiger partial charge in [-0.3, -0.25) is 9.69 Å². The number of nitrogens with one attached hydrogen (secondary N) is 1. The smallest absolute Gasteiger partial charge is 0.255 e. The molecule has 0 atom stereocenters. The lowest BCUT2D eigenvalue weighted by Gasteiger charge is -2.18. The average Bonchev–Trinajstić information content (AvgIpc) is 3.29. The fraction of sp³-hybridized carbons (Fsp3) is 0.346. The molecule has 0 saturated carbocycles. The van der Waals surface area contributed by atoms with Crippen LogP contribution in [-0.2, 0) is 0 Å². The molecule has 0 aliphatic carbocycles. The SMILES string of the molecule is Cc1ccc(C(=O)Nc2ccc(OCCN3CCCC3)c(-c3c(C)ncnc3C)c2)cc1. The van der Waals surface area contributed by atoms with Gasteiger partial charge in [0.15, 0.2) is 0 Å². The van der Waals surface area contributed by atoms with Crippen LogP contribution in [0.3, 0.4) is 0 Å². The van der Waals surface area contributed by atoms with Gasteiger partial charge in [0.25, 0.3) is 5.91 Å². The van der Waals surface area contributed by atoms with Crippen LogP contribution in [0.4, 0.5) is 5.69 Å². The number of amides is 1. The Morgan fingerprint density at radius 2 is 1.69 bits per heavy atom. The zero-order valence-corrected chi connectivity index (χ0v) is 19.0. The fourth-order valence-electron chi connectivity index (χ4n) is 4.11. The summed E-state index contributed by atoms with van der Waals surface area (Å²) >= 11 is 0. The molecule has 0 unspecified atom stereocenters. The zero-order chi connectivity index (χ0) is 22.5. The third-order valence-corrected chi connectivity index (χ3v) is 5.91. The quantitative estimate of drug-likeness (QED) is 0.583. The van der Waals surface area contributed by atoms with Crippen molar-refractivity contribution in [3.8, 4) is 16.9 Å². The highest BCUT2D eigenvalue weighted by atomic mass is 16.5. The predicted molar refractivity (Wildman–Crippen MR) is 127 cm³/mol. The lowest BCUT2D eigenvalue weighted by molar-refractivity contribution is 0.102. The van der Waals surface area contributed by atoms with Crippen LogP contribution in [0.25, 0.3) is 11.1 Å². The largest absolute Gasteiger partial charge is 0.492 e. The highest BCUT2D eigenvalue weighted by molar-refractivity contribution is 6.04. The highest BCUT2D eigenvalue weighted by Crippen LogP contribution is 2.35. The van der Waals surface area contributed by atoms with Crippen LogP contribution in [0, 0.1) is 20.8 Å². The van der Waals surface area contributed by atoms with E-state index in [4.69, 9.17) is 4.74 Å². The van der Waals surface area contributed by atoms with E-state index in [1.807, 2.05) is 63.2 Å². The van der Waals surface area contributed by atoms with Gasteiger partial charge in [-0.1, -0.05) is 17.7 Å². The summed E-state index contributed by atoms with van der Waals surface area (Å²) in [5, 5.41) is 3.01. The van der Waals surface area contributed by atoms with Gasteiger partial charge in [-0.2, -0.15) is 0 Å². The van der Waals surface area contributed by atoms with Gasteiger partial charge in [0, 0.05) is 40.3 Å². The van der Waals surface area contributed by atoms with Gasteiger partial charge >= 0.3 is 0 Å². The Morgan fingerprint density at radius 3 is 2.38 bits per heavy atom. The van der Waals surface area contributed by atoms with Gasteiger partial charge in [0.05, 0.1) is 0 Å². The third kappa shape index (κ3) is 5.14. The topological polar surface area (TPSA) is 67.3 Å². The monoisotopic (exact) mass is 430 g/mol. The second-order valence-corrected chi connectivity index (χ2v) is 8.35. The van der Waals surface area contributed by atoms with Crippen molar-refractivity contribution in [1.29, 1.82) is 0 Å². The minimum Gasteiger partial charge on any atom is -0.492 e. The molecule has 1 N–H and O–H groups in total. The van der Waals surface area contributed by atoms with E-state index in [9.17, 15) is 4.79 Å². The van der Waals surface area contributed by atoms with E-state index in [0.29, 0.717) is 17.9 Å². The maximum Gasteiger partial charge on any atom is 0.255 e.